The maximum absolute atomic E-state index is 15.1. The van der Waals surface area contributed by atoms with Crippen LogP contribution in [0.1, 0.15) is 54.4 Å². The number of benzene rings is 3. The summed E-state index contributed by atoms with van der Waals surface area (Å²) in [6.07, 6.45) is -2.15. The lowest BCUT2D eigenvalue weighted by Crippen LogP contribution is -2.45. The predicted octanol–water partition coefficient (Wildman–Crippen LogP) is 5.71. The molecular weight excluding hydrogens is 578 g/mol. The number of aliphatic hydroxyl groups excluding tert-OH is 1. The van der Waals surface area contributed by atoms with Crippen molar-refractivity contribution < 1.29 is 32.3 Å². The Bertz CT molecular complexity index is 1590. The van der Waals surface area contributed by atoms with Crippen molar-refractivity contribution in [3.05, 3.63) is 94.8 Å². The molecule has 2 fully saturated rings. The highest BCUT2D eigenvalue weighted by Gasteiger charge is 2.40. The molecule has 0 radical (unpaired) electrons. The summed E-state index contributed by atoms with van der Waals surface area (Å²) >= 11 is 0. The zero-order valence-electron chi connectivity index (χ0n) is 23.6. The molecule has 3 aromatic rings. The third kappa shape index (κ3) is 6.85. The molecule has 3 unspecified atom stereocenters. The number of alkyl halides is 3. The number of β-amino-alcohol motifs (C(OH)–C–C–N with tert-alkyl or cyclic N) is 1. The van der Waals surface area contributed by atoms with Crippen molar-refractivity contribution in [3.63, 3.8) is 0 Å². The lowest BCUT2D eigenvalue weighted by molar-refractivity contribution is -0.137. The van der Waals surface area contributed by atoms with Gasteiger partial charge in [0.05, 0.1) is 34.5 Å². The number of likely N-dealkylation sites (tertiary alicyclic amines) is 1. The Kier molecular flexibility index (Phi) is 8.63. The van der Waals surface area contributed by atoms with Gasteiger partial charge in [-0.15, -0.1) is 0 Å². The van der Waals surface area contributed by atoms with Gasteiger partial charge in [-0.2, -0.15) is 18.4 Å². The fourth-order valence-corrected chi connectivity index (χ4v) is 5.50. The van der Waals surface area contributed by atoms with E-state index in [-0.39, 0.29) is 24.3 Å². The van der Waals surface area contributed by atoms with Gasteiger partial charge in [0, 0.05) is 18.7 Å². The summed E-state index contributed by atoms with van der Waals surface area (Å²) in [5.41, 5.74) is 6.54. The predicted molar refractivity (Wildman–Crippen MR) is 155 cm³/mol. The van der Waals surface area contributed by atoms with E-state index < -0.39 is 47.2 Å². The minimum atomic E-state index is -4.54. The summed E-state index contributed by atoms with van der Waals surface area (Å²) in [5, 5.41) is 24.7. The number of carbonyl (C=O) groups is 2. The molecule has 8 nitrogen and oxygen atoms in total. The minimum absolute atomic E-state index is 0.0632. The molecule has 1 saturated carbocycles. The van der Waals surface area contributed by atoms with Crippen molar-refractivity contribution in [3.8, 4) is 6.07 Å². The van der Waals surface area contributed by atoms with Crippen LogP contribution in [0.5, 0.6) is 0 Å². The maximum atomic E-state index is 15.1. The molecule has 3 amide bonds. The minimum Gasteiger partial charge on any atom is -0.391 e. The molecule has 230 valence electrons. The van der Waals surface area contributed by atoms with Crippen molar-refractivity contribution in [1.29, 1.82) is 5.26 Å². The quantitative estimate of drug-likeness (QED) is 0.243. The molecule has 1 heterocycles. The third-order valence-corrected chi connectivity index (χ3v) is 8.20. The average molecular weight is 610 g/mol. The molecule has 3 atom stereocenters. The van der Waals surface area contributed by atoms with Crippen molar-refractivity contribution in [1.82, 2.24) is 4.90 Å². The molecule has 5 rings (SSSR count). The van der Waals surface area contributed by atoms with Crippen molar-refractivity contribution >= 4 is 23.3 Å². The van der Waals surface area contributed by atoms with E-state index in [0.717, 1.165) is 48.4 Å². The number of nitrogens with zero attached hydrogens (tertiary/aromatic N) is 2. The Morgan fingerprint density at radius 2 is 1.68 bits per heavy atom. The van der Waals surface area contributed by atoms with Crippen LogP contribution in [-0.4, -0.2) is 40.6 Å². The molecule has 3 aromatic carbocycles. The summed E-state index contributed by atoms with van der Waals surface area (Å²) in [5.74, 6) is -0.950. The van der Waals surface area contributed by atoms with E-state index in [1.165, 1.54) is 12.1 Å². The molecular formula is C32H31F4N5O3. The second-order valence-corrected chi connectivity index (χ2v) is 11.4. The van der Waals surface area contributed by atoms with Crippen molar-refractivity contribution in [2.45, 2.75) is 56.0 Å². The summed E-state index contributed by atoms with van der Waals surface area (Å²) in [6, 6.07) is 15.0. The van der Waals surface area contributed by atoms with Gasteiger partial charge in [-0.05, 0) is 78.4 Å². The topological polar surface area (TPSA) is 131 Å². The molecule has 44 heavy (non-hydrogen) atoms. The summed E-state index contributed by atoms with van der Waals surface area (Å²) in [4.78, 5) is 27.4. The normalized spacial score (nSPS) is 19.6. The number of halogens is 4. The van der Waals surface area contributed by atoms with Gasteiger partial charge in [0.25, 0.3) is 0 Å². The van der Waals surface area contributed by atoms with E-state index in [9.17, 15) is 33.1 Å². The van der Waals surface area contributed by atoms with Gasteiger partial charge in [0.15, 0.2) is 0 Å². The monoisotopic (exact) mass is 609 g/mol. The Morgan fingerprint density at radius 1 is 1.00 bits per heavy atom. The van der Waals surface area contributed by atoms with Crippen LogP contribution >= 0.6 is 0 Å². The molecule has 1 aliphatic heterocycles. The van der Waals surface area contributed by atoms with Gasteiger partial charge < -0.3 is 26.4 Å². The first-order valence-corrected chi connectivity index (χ1v) is 14.2. The van der Waals surface area contributed by atoms with Crippen LogP contribution in [0, 0.1) is 23.1 Å². The number of aliphatic hydroxyl groups is 1. The Morgan fingerprint density at radius 3 is 2.34 bits per heavy atom. The van der Waals surface area contributed by atoms with Crippen LogP contribution in [0.25, 0.3) is 0 Å². The fraction of sp³-hybridized carbons (Fsp3) is 0.344. The highest BCUT2D eigenvalue weighted by atomic mass is 19.4. The van der Waals surface area contributed by atoms with E-state index in [2.05, 4.69) is 16.7 Å². The van der Waals surface area contributed by atoms with Crippen LogP contribution in [0.4, 0.5) is 33.7 Å². The number of carbonyl (C=O) groups excluding carboxylic acids is 2. The van der Waals surface area contributed by atoms with Crippen molar-refractivity contribution in [2.24, 2.45) is 11.7 Å². The first-order valence-electron chi connectivity index (χ1n) is 14.2. The number of nitriles is 1. The SMILES string of the molecule is N#Cc1cccc(C(N)(CCC2CC2)c2ccc(F)c(NC(=O)C3CC(O)CN3C(=O)Nc3ccc(C(F)(F)F)cc3)c2)c1. The van der Waals surface area contributed by atoms with Gasteiger partial charge in [-0.1, -0.05) is 31.0 Å². The Hall–Kier alpha value is -4.47. The second kappa shape index (κ2) is 12.3. The first kappa shape index (κ1) is 31.0. The molecule has 1 aliphatic carbocycles. The van der Waals surface area contributed by atoms with Crippen LogP contribution in [0.3, 0.4) is 0 Å². The number of rotatable bonds is 8. The Balaban J connectivity index is 1.36. The van der Waals surface area contributed by atoms with Crippen LogP contribution in [-0.2, 0) is 16.5 Å². The fourth-order valence-electron chi connectivity index (χ4n) is 5.50. The zero-order chi connectivity index (χ0) is 31.6. The third-order valence-electron chi connectivity index (χ3n) is 8.20. The number of nitrogens with two attached hydrogens (primary N) is 1. The molecule has 0 spiro atoms. The number of amides is 3. The Labute approximate surface area is 251 Å². The molecule has 2 aliphatic rings. The summed E-state index contributed by atoms with van der Waals surface area (Å²) in [7, 11) is 0. The molecule has 12 heteroatoms. The van der Waals surface area contributed by atoms with E-state index in [1.807, 2.05) is 6.07 Å². The highest BCUT2D eigenvalue weighted by Crippen LogP contribution is 2.41. The molecule has 1 saturated heterocycles. The summed E-state index contributed by atoms with van der Waals surface area (Å²) in [6.45, 7) is -0.213. The van der Waals surface area contributed by atoms with E-state index in [4.69, 9.17) is 5.73 Å². The first-order chi connectivity index (χ1) is 20.9. The van der Waals surface area contributed by atoms with Crippen LogP contribution in [0.15, 0.2) is 66.7 Å². The largest absolute Gasteiger partial charge is 0.416 e. The molecule has 0 bridgehead atoms. The van der Waals surface area contributed by atoms with E-state index in [0.29, 0.717) is 29.0 Å². The second-order valence-electron chi connectivity index (χ2n) is 11.4. The van der Waals surface area contributed by atoms with E-state index >= 15 is 4.39 Å². The molecule has 5 N–H and O–H groups in total. The van der Waals surface area contributed by atoms with Gasteiger partial charge in [0.2, 0.25) is 5.91 Å². The number of hydrogen-bond donors (Lipinski definition) is 4. The smallest absolute Gasteiger partial charge is 0.391 e. The summed E-state index contributed by atoms with van der Waals surface area (Å²) < 4.78 is 53.7. The lowest BCUT2D eigenvalue weighted by Gasteiger charge is -2.32. The maximum Gasteiger partial charge on any atom is 0.416 e. The van der Waals surface area contributed by atoms with E-state index in [1.54, 1.807) is 24.3 Å². The number of urea groups is 1. The zero-order valence-corrected chi connectivity index (χ0v) is 23.6. The van der Waals surface area contributed by atoms with Gasteiger partial charge >= 0.3 is 12.2 Å². The van der Waals surface area contributed by atoms with Gasteiger partial charge in [0.1, 0.15) is 11.9 Å². The number of anilines is 2. The number of nitrogens with one attached hydrogen (secondary N) is 2. The van der Waals surface area contributed by atoms with Crippen LogP contribution in [0.2, 0.25) is 0 Å². The lowest BCUT2D eigenvalue weighted by atomic mass is 9.79. The standard InChI is InChI=1S/C32H31F4N5O3/c33-26-11-8-23(31(38,13-12-19-4-5-19)22-3-1-2-20(14-22)17-37)15-27(26)40-29(43)28-16-25(42)18-41(28)30(44)39-24-9-6-21(7-10-24)32(34,35)36/h1-3,6-11,14-15,19,25,28,42H,4-5,12-13,16,18,38H2,(H,39,44)(H,40,43). The molecule has 0 aromatic heterocycles. The van der Waals surface area contributed by atoms with Crippen LogP contribution < -0.4 is 16.4 Å². The number of hydrogen-bond acceptors (Lipinski definition) is 5. The van der Waals surface area contributed by atoms with Crippen molar-refractivity contribution in [2.75, 3.05) is 17.2 Å². The average Bonchev–Trinajstić information content (AvgIpc) is 3.75. The highest BCUT2D eigenvalue weighted by molar-refractivity contribution is 6.00. The van der Waals surface area contributed by atoms with Gasteiger partial charge in [-0.25, -0.2) is 9.18 Å². The van der Waals surface area contributed by atoms with Gasteiger partial charge in [-0.3, -0.25) is 4.79 Å².